The Balaban J connectivity index is 2.29. The van der Waals surface area contributed by atoms with Gasteiger partial charge in [-0.05, 0) is 51.3 Å². The second kappa shape index (κ2) is 7.05. The number of hydrogen-bond donors (Lipinski definition) is 0. The number of benzene rings is 3. The summed E-state index contributed by atoms with van der Waals surface area (Å²) < 4.78 is 0. The highest BCUT2D eigenvalue weighted by Gasteiger charge is 2.16. The van der Waals surface area contributed by atoms with Crippen molar-refractivity contribution >= 4 is 0 Å². The van der Waals surface area contributed by atoms with Crippen molar-refractivity contribution in [1.29, 1.82) is 0 Å². The zero-order valence-electron chi connectivity index (χ0n) is 15.1. The normalized spacial score (nSPS) is 11.2. The summed E-state index contributed by atoms with van der Waals surface area (Å²) in [5, 5.41) is 0. The van der Waals surface area contributed by atoms with Crippen LogP contribution in [0.15, 0.2) is 72.8 Å². The molecule has 0 heterocycles. The maximum atomic E-state index is 2.43. The molecule has 0 amide bonds. The van der Waals surface area contributed by atoms with Gasteiger partial charge in [0.25, 0.3) is 0 Å². The van der Waals surface area contributed by atoms with Crippen LogP contribution < -0.4 is 0 Å². The smallest absolute Gasteiger partial charge is 0.0143 e. The van der Waals surface area contributed by atoms with Crippen molar-refractivity contribution < 1.29 is 0 Å². The highest BCUT2D eigenvalue weighted by molar-refractivity contribution is 5.78. The molecule has 3 aromatic carbocycles. The van der Waals surface area contributed by atoms with Crippen LogP contribution in [0.3, 0.4) is 0 Å². The summed E-state index contributed by atoms with van der Waals surface area (Å²) in [5.74, 6) is 1.00. The van der Waals surface area contributed by atoms with Crippen LogP contribution in [0.5, 0.6) is 0 Å². The van der Waals surface area contributed by atoms with E-state index in [1.807, 2.05) is 0 Å². The third-order valence-electron chi connectivity index (χ3n) is 4.64. The average molecular weight is 314 g/mol. The van der Waals surface area contributed by atoms with E-state index in [9.17, 15) is 0 Å². The van der Waals surface area contributed by atoms with Gasteiger partial charge in [-0.25, -0.2) is 0 Å². The van der Waals surface area contributed by atoms with Crippen LogP contribution >= 0.6 is 0 Å². The third kappa shape index (κ3) is 3.28. The molecule has 122 valence electrons. The van der Waals surface area contributed by atoms with Crippen LogP contribution in [0, 0.1) is 0 Å². The molecule has 3 aromatic rings. The third-order valence-corrected chi connectivity index (χ3v) is 4.64. The molecule has 0 nitrogen and oxygen atoms in total. The Hall–Kier alpha value is -2.34. The van der Waals surface area contributed by atoms with Crippen LogP contribution in [-0.4, -0.2) is 0 Å². The van der Waals surface area contributed by atoms with Gasteiger partial charge in [-0.3, -0.25) is 0 Å². The van der Waals surface area contributed by atoms with Crippen LogP contribution in [0.1, 0.15) is 50.7 Å². The van der Waals surface area contributed by atoms with Crippen molar-refractivity contribution in [2.45, 2.75) is 39.5 Å². The molecule has 0 aromatic heterocycles. The van der Waals surface area contributed by atoms with Gasteiger partial charge in [0.2, 0.25) is 0 Å². The van der Waals surface area contributed by atoms with E-state index in [4.69, 9.17) is 0 Å². The molecule has 0 aliphatic heterocycles. The maximum absolute atomic E-state index is 2.43. The van der Waals surface area contributed by atoms with Gasteiger partial charge in [0, 0.05) is 0 Å². The zero-order chi connectivity index (χ0) is 17.1. The lowest BCUT2D eigenvalue weighted by atomic mass is 9.83. The number of hydrogen-bond acceptors (Lipinski definition) is 0. The van der Waals surface area contributed by atoms with E-state index in [1.165, 1.54) is 33.4 Å². The monoisotopic (exact) mass is 314 g/mol. The van der Waals surface area contributed by atoms with Crippen LogP contribution in [0.2, 0.25) is 0 Å². The molecule has 0 heteroatoms. The zero-order valence-corrected chi connectivity index (χ0v) is 15.1. The van der Waals surface area contributed by atoms with Gasteiger partial charge in [-0.15, -0.1) is 0 Å². The van der Waals surface area contributed by atoms with Gasteiger partial charge in [-0.2, -0.15) is 0 Å². The molecule has 24 heavy (non-hydrogen) atoms. The minimum absolute atomic E-state index is 0.502. The van der Waals surface area contributed by atoms with Crippen molar-refractivity contribution in [1.82, 2.24) is 0 Å². The second-order valence-corrected chi connectivity index (χ2v) is 7.07. The van der Waals surface area contributed by atoms with Crippen molar-refractivity contribution in [2.75, 3.05) is 0 Å². The number of rotatable bonds is 4. The Morgan fingerprint density at radius 2 is 0.875 bits per heavy atom. The van der Waals surface area contributed by atoms with E-state index in [0.717, 1.165) is 0 Å². The van der Waals surface area contributed by atoms with E-state index in [1.54, 1.807) is 0 Å². The molecule has 0 aliphatic rings. The molecule has 0 bridgehead atoms. The highest BCUT2D eigenvalue weighted by atomic mass is 14.2. The SMILES string of the molecule is CC(C)c1cc(C(C)C)c(-c2ccccc2)cc1-c1ccccc1. The van der Waals surface area contributed by atoms with Gasteiger partial charge in [0.1, 0.15) is 0 Å². The van der Waals surface area contributed by atoms with Crippen molar-refractivity contribution in [3.63, 3.8) is 0 Å². The lowest BCUT2D eigenvalue weighted by Crippen LogP contribution is -2.00. The first-order chi connectivity index (χ1) is 11.6. The van der Waals surface area contributed by atoms with Crippen molar-refractivity contribution in [2.24, 2.45) is 0 Å². The Morgan fingerprint density at radius 3 is 1.21 bits per heavy atom. The molecule has 0 spiro atoms. The quantitative estimate of drug-likeness (QED) is 0.475. The van der Waals surface area contributed by atoms with E-state index < -0.39 is 0 Å². The van der Waals surface area contributed by atoms with Crippen LogP contribution in [0.4, 0.5) is 0 Å². The van der Waals surface area contributed by atoms with E-state index in [2.05, 4.69) is 100 Å². The van der Waals surface area contributed by atoms with E-state index in [-0.39, 0.29) is 0 Å². The summed E-state index contributed by atoms with van der Waals surface area (Å²) in [7, 11) is 0. The predicted octanol–water partition coefficient (Wildman–Crippen LogP) is 7.27. The topological polar surface area (TPSA) is 0 Å². The molecule has 0 radical (unpaired) electrons. The predicted molar refractivity (Wildman–Crippen MR) is 105 cm³/mol. The maximum Gasteiger partial charge on any atom is -0.0143 e. The summed E-state index contributed by atoms with van der Waals surface area (Å²) in [5.41, 5.74) is 8.18. The summed E-state index contributed by atoms with van der Waals surface area (Å²) in [4.78, 5) is 0. The Labute approximate surface area is 146 Å². The highest BCUT2D eigenvalue weighted by Crippen LogP contribution is 2.38. The first-order valence-electron chi connectivity index (χ1n) is 8.86. The average Bonchev–Trinajstić information content (AvgIpc) is 2.62. The molecule has 0 aliphatic carbocycles. The molecule has 0 saturated heterocycles. The molecule has 0 atom stereocenters. The molecular weight excluding hydrogens is 288 g/mol. The van der Waals surface area contributed by atoms with Crippen LogP contribution in [0.25, 0.3) is 22.3 Å². The molecule has 0 unspecified atom stereocenters. The van der Waals surface area contributed by atoms with Gasteiger partial charge in [-0.1, -0.05) is 94.4 Å². The molecule has 3 rings (SSSR count). The van der Waals surface area contributed by atoms with E-state index in [0.29, 0.717) is 11.8 Å². The summed E-state index contributed by atoms with van der Waals surface area (Å²) in [6.45, 7) is 9.14. The van der Waals surface area contributed by atoms with Gasteiger partial charge in [0.05, 0.1) is 0 Å². The minimum atomic E-state index is 0.502. The van der Waals surface area contributed by atoms with Crippen molar-refractivity contribution in [3.8, 4) is 22.3 Å². The summed E-state index contributed by atoms with van der Waals surface area (Å²) in [6.07, 6.45) is 0. The second-order valence-electron chi connectivity index (χ2n) is 7.07. The largest absolute Gasteiger partial charge is 0.0622 e. The lowest BCUT2D eigenvalue weighted by molar-refractivity contribution is 0.837. The Bertz CT molecular complexity index is 729. The van der Waals surface area contributed by atoms with Gasteiger partial charge >= 0.3 is 0 Å². The van der Waals surface area contributed by atoms with E-state index >= 15 is 0 Å². The fraction of sp³-hybridized carbons (Fsp3) is 0.250. The van der Waals surface area contributed by atoms with Crippen LogP contribution in [-0.2, 0) is 0 Å². The fourth-order valence-electron chi connectivity index (χ4n) is 3.32. The Kier molecular flexibility index (Phi) is 4.85. The molecule has 0 N–H and O–H groups in total. The fourth-order valence-corrected chi connectivity index (χ4v) is 3.32. The molecule has 0 saturated carbocycles. The first-order valence-corrected chi connectivity index (χ1v) is 8.86. The standard InChI is InChI=1S/C24H26/c1-17(2)21-15-22(18(3)4)24(20-13-9-6-10-14-20)16-23(21)19-11-7-5-8-12-19/h5-18H,1-4H3. The summed E-state index contributed by atoms with van der Waals surface area (Å²) >= 11 is 0. The summed E-state index contributed by atoms with van der Waals surface area (Å²) in [6, 6.07) is 26.3. The molecular formula is C24H26. The molecule has 0 fully saturated rings. The minimum Gasteiger partial charge on any atom is -0.0622 e. The van der Waals surface area contributed by atoms with Gasteiger partial charge in [0.15, 0.2) is 0 Å². The van der Waals surface area contributed by atoms with Crippen molar-refractivity contribution in [3.05, 3.63) is 83.9 Å². The first kappa shape index (κ1) is 16.5. The lowest BCUT2D eigenvalue weighted by Gasteiger charge is -2.21. The Morgan fingerprint density at radius 1 is 0.500 bits per heavy atom. The van der Waals surface area contributed by atoms with Gasteiger partial charge < -0.3 is 0 Å².